The van der Waals surface area contributed by atoms with Gasteiger partial charge in [-0.3, -0.25) is 0 Å². The Bertz CT molecular complexity index is 580. The molecule has 0 radical (unpaired) electrons. The number of halogens is 2. The Labute approximate surface area is 129 Å². The highest BCUT2D eigenvalue weighted by molar-refractivity contribution is 9.11. The van der Waals surface area contributed by atoms with Gasteiger partial charge in [-0.25, -0.2) is 0 Å². The smallest absolute Gasteiger partial charge is 0.141 e. The van der Waals surface area contributed by atoms with Crippen molar-refractivity contribution >= 4 is 31.9 Å². The van der Waals surface area contributed by atoms with Gasteiger partial charge >= 0.3 is 0 Å². The van der Waals surface area contributed by atoms with Crippen molar-refractivity contribution in [1.29, 1.82) is 0 Å². The number of hydrogen-bond acceptors (Lipinski definition) is 2. The number of epoxide rings is 1. The predicted molar refractivity (Wildman–Crippen MR) is 82.5 cm³/mol. The molecule has 0 saturated carbocycles. The summed E-state index contributed by atoms with van der Waals surface area (Å²) in [5.74, 6) is 0.866. The zero-order valence-electron chi connectivity index (χ0n) is 10.1. The third kappa shape index (κ3) is 3.19. The summed E-state index contributed by atoms with van der Waals surface area (Å²) in [5.41, 5.74) is 2.21. The van der Waals surface area contributed by atoms with E-state index in [1.165, 1.54) is 0 Å². The molecule has 1 atom stereocenters. The van der Waals surface area contributed by atoms with E-state index >= 15 is 0 Å². The minimum absolute atomic E-state index is 0.249. The summed E-state index contributed by atoms with van der Waals surface area (Å²) in [7, 11) is 0. The molecule has 0 aromatic heterocycles. The summed E-state index contributed by atoms with van der Waals surface area (Å²) < 4.78 is 13.1. The largest absolute Gasteiger partial charge is 0.489 e. The number of ether oxygens (including phenoxy) is 2. The van der Waals surface area contributed by atoms with Crippen LogP contribution in [-0.2, 0) is 4.74 Å². The van der Waals surface area contributed by atoms with E-state index in [0.717, 1.165) is 32.4 Å². The van der Waals surface area contributed by atoms with Crippen molar-refractivity contribution in [2.24, 2.45) is 0 Å². The van der Waals surface area contributed by atoms with Gasteiger partial charge in [0.2, 0.25) is 0 Å². The van der Waals surface area contributed by atoms with Gasteiger partial charge in [0.05, 0.1) is 11.1 Å². The quantitative estimate of drug-likeness (QED) is 0.716. The van der Waals surface area contributed by atoms with Gasteiger partial charge in [0.25, 0.3) is 0 Å². The van der Waals surface area contributed by atoms with Gasteiger partial charge in [0, 0.05) is 10.0 Å². The van der Waals surface area contributed by atoms with E-state index in [0.29, 0.717) is 6.61 Å². The second kappa shape index (κ2) is 5.65. The Morgan fingerprint density at radius 2 is 1.89 bits per heavy atom. The van der Waals surface area contributed by atoms with Crippen LogP contribution in [0.4, 0.5) is 0 Å². The van der Waals surface area contributed by atoms with E-state index in [1.807, 2.05) is 24.3 Å². The van der Waals surface area contributed by atoms with Crippen LogP contribution in [-0.4, -0.2) is 19.3 Å². The van der Waals surface area contributed by atoms with Crippen LogP contribution in [0.5, 0.6) is 5.75 Å². The van der Waals surface area contributed by atoms with E-state index in [2.05, 4.69) is 50.1 Å². The highest BCUT2D eigenvalue weighted by atomic mass is 79.9. The molecule has 1 aliphatic rings. The minimum Gasteiger partial charge on any atom is -0.489 e. The first-order valence-corrected chi connectivity index (χ1v) is 7.61. The first-order chi connectivity index (χ1) is 9.24. The normalized spacial score (nSPS) is 17.3. The molecule has 0 spiro atoms. The van der Waals surface area contributed by atoms with Crippen molar-refractivity contribution in [3.05, 3.63) is 51.4 Å². The van der Waals surface area contributed by atoms with Crippen LogP contribution in [0.1, 0.15) is 0 Å². The Morgan fingerprint density at radius 3 is 2.58 bits per heavy atom. The zero-order valence-corrected chi connectivity index (χ0v) is 13.3. The van der Waals surface area contributed by atoms with E-state index in [9.17, 15) is 0 Å². The SMILES string of the molecule is Brc1cc(Br)c(OCC2CO2)c(-c2ccccc2)c1. The topological polar surface area (TPSA) is 21.8 Å². The second-order valence-corrected chi connectivity index (χ2v) is 6.17. The molecule has 0 bridgehead atoms. The molecule has 3 rings (SSSR count). The summed E-state index contributed by atoms with van der Waals surface area (Å²) in [5, 5.41) is 0. The maximum absolute atomic E-state index is 5.91. The van der Waals surface area contributed by atoms with Crippen LogP contribution in [0.25, 0.3) is 11.1 Å². The van der Waals surface area contributed by atoms with Crippen LogP contribution in [0.3, 0.4) is 0 Å². The summed E-state index contributed by atoms with van der Waals surface area (Å²) in [6.45, 7) is 1.40. The van der Waals surface area contributed by atoms with E-state index < -0.39 is 0 Å². The molecule has 0 amide bonds. The van der Waals surface area contributed by atoms with Gasteiger partial charge in [-0.2, -0.15) is 0 Å². The minimum atomic E-state index is 0.249. The standard InChI is InChI=1S/C15H12Br2O2/c16-11-6-13(10-4-2-1-3-5-10)15(14(17)7-11)19-9-12-8-18-12/h1-7,12H,8-9H2. The summed E-state index contributed by atoms with van der Waals surface area (Å²) >= 11 is 7.10. The van der Waals surface area contributed by atoms with E-state index in [-0.39, 0.29) is 6.10 Å². The van der Waals surface area contributed by atoms with Gasteiger partial charge in [-0.1, -0.05) is 46.3 Å². The molecule has 98 valence electrons. The Morgan fingerprint density at radius 1 is 1.16 bits per heavy atom. The highest BCUT2D eigenvalue weighted by Crippen LogP contribution is 2.39. The van der Waals surface area contributed by atoms with Crippen LogP contribution >= 0.6 is 31.9 Å². The lowest BCUT2D eigenvalue weighted by molar-refractivity contribution is 0.262. The summed E-state index contributed by atoms with van der Waals surface area (Å²) in [6, 6.07) is 14.3. The molecule has 1 saturated heterocycles. The number of rotatable bonds is 4. The van der Waals surface area contributed by atoms with Crippen molar-refractivity contribution in [2.75, 3.05) is 13.2 Å². The van der Waals surface area contributed by atoms with E-state index in [4.69, 9.17) is 9.47 Å². The first kappa shape index (κ1) is 13.2. The number of hydrogen-bond donors (Lipinski definition) is 0. The molecule has 0 N–H and O–H groups in total. The van der Waals surface area contributed by atoms with Crippen LogP contribution < -0.4 is 4.74 Å². The monoisotopic (exact) mass is 382 g/mol. The lowest BCUT2D eigenvalue weighted by atomic mass is 10.0. The summed E-state index contributed by atoms with van der Waals surface area (Å²) in [6.07, 6.45) is 0.249. The highest BCUT2D eigenvalue weighted by Gasteiger charge is 2.24. The average Bonchev–Trinajstić information content (AvgIpc) is 3.22. The molecular weight excluding hydrogens is 372 g/mol. The lowest BCUT2D eigenvalue weighted by Crippen LogP contribution is -2.05. The van der Waals surface area contributed by atoms with Crippen LogP contribution in [0.15, 0.2) is 51.4 Å². The Hall–Kier alpha value is -0.840. The molecule has 1 heterocycles. The Kier molecular flexibility index (Phi) is 3.91. The zero-order chi connectivity index (χ0) is 13.2. The molecular formula is C15H12Br2O2. The molecule has 2 nitrogen and oxygen atoms in total. The maximum atomic E-state index is 5.91. The predicted octanol–water partition coefficient (Wildman–Crippen LogP) is 4.66. The molecule has 2 aromatic rings. The molecule has 1 unspecified atom stereocenters. The van der Waals surface area contributed by atoms with Crippen molar-refractivity contribution < 1.29 is 9.47 Å². The van der Waals surface area contributed by atoms with Gasteiger partial charge < -0.3 is 9.47 Å². The fourth-order valence-corrected chi connectivity index (χ4v) is 3.22. The fourth-order valence-electron chi connectivity index (χ4n) is 1.88. The van der Waals surface area contributed by atoms with Crippen molar-refractivity contribution in [1.82, 2.24) is 0 Å². The van der Waals surface area contributed by atoms with Gasteiger partial charge in [-0.15, -0.1) is 0 Å². The van der Waals surface area contributed by atoms with Gasteiger partial charge in [0.15, 0.2) is 0 Å². The summed E-state index contributed by atoms with van der Waals surface area (Å²) in [4.78, 5) is 0. The molecule has 2 aromatic carbocycles. The lowest BCUT2D eigenvalue weighted by Gasteiger charge is -2.13. The van der Waals surface area contributed by atoms with Crippen molar-refractivity contribution in [3.63, 3.8) is 0 Å². The third-order valence-electron chi connectivity index (χ3n) is 2.91. The maximum Gasteiger partial charge on any atom is 0.141 e. The second-order valence-electron chi connectivity index (χ2n) is 4.40. The fraction of sp³-hybridized carbons (Fsp3) is 0.200. The molecule has 19 heavy (non-hydrogen) atoms. The average molecular weight is 384 g/mol. The third-order valence-corrected chi connectivity index (χ3v) is 3.96. The number of benzene rings is 2. The van der Waals surface area contributed by atoms with Crippen molar-refractivity contribution in [2.45, 2.75) is 6.10 Å². The molecule has 1 fully saturated rings. The molecule has 4 heteroatoms. The van der Waals surface area contributed by atoms with Crippen LogP contribution in [0, 0.1) is 0 Å². The first-order valence-electron chi connectivity index (χ1n) is 6.03. The molecule has 1 aliphatic heterocycles. The van der Waals surface area contributed by atoms with Crippen molar-refractivity contribution in [3.8, 4) is 16.9 Å². The molecule has 0 aliphatic carbocycles. The van der Waals surface area contributed by atoms with Gasteiger partial charge in [0.1, 0.15) is 18.5 Å². The van der Waals surface area contributed by atoms with Gasteiger partial charge in [-0.05, 0) is 33.6 Å². The van der Waals surface area contributed by atoms with Crippen LogP contribution in [0.2, 0.25) is 0 Å². The Balaban J connectivity index is 1.99. The van der Waals surface area contributed by atoms with E-state index in [1.54, 1.807) is 0 Å².